The van der Waals surface area contributed by atoms with E-state index in [1.807, 2.05) is 0 Å². The number of hydrogen-bond acceptors (Lipinski definition) is 5. The minimum Gasteiger partial charge on any atom is -0.331 e. The lowest BCUT2D eigenvalue weighted by atomic mass is 10.2. The first-order valence-electron chi connectivity index (χ1n) is 8.42. The van der Waals surface area contributed by atoms with Crippen LogP contribution in [0.5, 0.6) is 0 Å². The van der Waals surface area contributed by atoms with E-state index in [1.54, 1.807) is 30.2 Å². The molecule has 5 nitrogen and oxygen atoms in total. The Labute approximate surface area is 156 Å². The van der Waals surface area contributed by atoms with Crippen LogP contribution in [0.3, 0.4) is 0 Å². The molecule has 1 atom stereocenters. The van der Waals surface area contributed by atoms with Gasteiger partial charge in [-0.1, -0.05) is 12.1 Å². The largest absolute Gasteiger partial charge is 0.331 e. The number of halogens is 1. The van der Waals surface area contributed by atoms with Crippen LogP contribution < -0.4 is 0 Å². The predicted octanol–water partition coefficient (Wildman–Crippen LogP) is 2.91. The highest BCUT2D eigenvalue weighted by Crippen LogP contribution is 2.31. The minimum atomic E-state index is -3.17. The summed E-state index contributed by atoms with van der Waals surface area (Å²) in [5, 5.41) is 0.770. The standard InChI is InChI=1S/C18H21FN2O3S2/c1-12(11-26(2,23)24)21(15-7-8-15)18(22)16-10-20-17(25-16)9-13-3-5-14(19)6-4-13/h3-6,10,12,15H,7-9,11H2,1-2H3. The normalized spacial score (nSPS) is 15.7. The minimum absolute atomic E-state index is 0.0452. The fourth-order valence-corrected chi connectivity index (χ4v) is 4.93. The number of rotatable bonds is 7. The molecule has 1 heterocycles. The molecule has 0 radical (unpaired) electrons. The van der Waals surface area contributed by atoms with E-state index < -0.39 is 9.84 Å². The van der Waals surface area contributed by atoms with Crippen LogP contribution in [0.1, 0.15) is 40.0 Å². The molecule has 2 aromatic rings. The number of amides is 1. The van der Waals surface area contributed by atoms with Gasteiger partial charge in [0.1, 0.15) is 20.5 Å². The molecule has 0 saturated heterocycles. The quantitative estimate of drug-likeness (QED) is 0.722. The van der Waals surface area contributed by atoms with Crippen molar-refractivity contribution in [3.8, 4) is 0 Å². The van der Waals surface area contributed by atoms with E-state index in [-0.39, 0.29) is 29.6 Å². The molecule has 0 N–H and O–H groups in total. The third kappa shape index (κ3) is 4.88. The Morgan fingerprint density at radius 3 is 2.58 bits per heavy atom. The SMILES string of the molecule is CC(CS(C)(=O)=O)N(C(=O)c1cnc(Cc2ccc(F)cc2)s1)C1CC1. The Hall–Kier alpha value is -1.80. The van der Waals surface area contributed by atoms with Crippen molar-refractivity contribution in [1.82, 2.24) is 9.88 Å². The van der Waals surface area contributed by atoms with Gasteiger partial charge in [0.2, 0.25) is 0 Å². The average Bonchev–Trinajstić information content (AvgIpc) is 3.25. The zero-order chi connectivity index (χ0) is 18.9. The summed E-state index contributed by atoms with van der Waals surface area (Å²) in [5.74, 6) is -0.494. The smallest absolute Gasteiger partial charge is 0.266 e. The lowest BCUT2D eigenvalue weighted by Gasteiger charge is -2.28. The molecular formula is C18H21FN2O3S2. The van der Waals surface area contributed by atoms with E-state index in [1.165, 1.54) is 29.7 Å². The summed E-state index contributed by atoms with van der Waals surface area (Å²) in [4.78, 5) is 19.4. The molecule has 26 heavy (non-hydrogen) atoms. The topological polar surface area (TPSA) is 67.3 Å². The maximum absolute atomic E-state index is 13.0. The van der Waals surface area contributed by atoms with Gasteiger partial charge < -0.3 is 4.90 Å². The van der Waals surface area contributed by atoms with Crippen molar-refractivity contribution in [2.45, 2.75) is 38.3 Å². The van der Waals surface area contributed by atoms with Gasteiger partial charge >= 0.3 is 0 Å². The van der Waals surface area contributed by atoms with Crippen LogP contribution in [0.4, 0.5) is 4.39 Å². The second-order valence-corrected chi connectivity index (χ2v) is 10.1. The van der Waals surface area contributed by atoms with Crippen LogP contribution in [0.15, 0.2) is 30.5 Å². The molecular weight excluding hydrogens is 375 g/mol. The molecule has 140 valence electrons. The van der Waals surface area contributed by atoms with Gasteiger partial charge in [-0.05, 0) is 37.5 Å². The predicted molar refractivity (Wildman–Crippen MR) is 99.7 cm³/mol. The van der Waals surface area contributed by atoms with Crippen molar-refractivity contribution in [3.05, 3.63) is 51.7 Å². The third-order valence-electron chi connectivity index (χ3n) is 4.23. The zero-order valence-corrected chi connectivity index (χ0v) is 16.3. The molecule has 0 aliphatic heterocycles. The van der Waals surface area contributed by atoms with Crippen molar-refractivity contribution in [2.24, 2.45) is 0 Å². The Balaban J connectivity index is 1.74. The fraction of sp³-hybridized carbons (Fsp3) is 0.444. The summed E-state index contributed by atoms with van der Waals surface area (Å²) in [5.41, 5.74) is 0.921. The van der Waals surface area contributed by atoms with Crippen molar-refractivity contribution in [2.75, 3.05) is 12.0 Å². The summed E-state index contributed by atoms with van der Waals surface area (Å²) >= 11 is 1.30. The summed E-state index contributed by atoms with van der Waals surface area (Å²) < 4.78 is 36.2. The summed E-state index contributed by atoms with van der Waals surface area (Å²) in [6.07, 6.45) is 5.07. The Kier molecular flexibility index (Phi) is 5.43. The Morgan fingerprint density at radius 2 is 2.00 bits per heavy atom. The van der Waals surface area contributed by atoms with Crippen molar-refractivity contribution >= 4 is 27.1 Å². The number of hydrogen-bond donors (Lipinski definition) is 0. The highest BCUT2D eigenvalue weighted by Gasteiger charge is 2.37. The molecule has 1 aliphatic carbocycles. The average molecular weight is 397 g/mol. The number of carbonyl (C=O) groups is 1. The molecule has 1 unspecified atom stereocenters. The van der Waals surface area contributed by atoms with Crippen LogP contribution >= 0.6 is 11.3 Å². The fourth-order valence-electron chi connectivity index (χ4n) is 2.99. The Bertz CT molecular complexity index is 889. The van der Waals surface area contributed by atoms with E-state index in [9.17, 15) is 17.6 Å². The number of nitrogens with zero attached hydrogens (tertiary/aromatic N) is 2. The first-order chi connectivity index (χ1) is 12.2. The Morgan fingerprint density at radius 1 is 1.35 bits per heavy atom. The monoisotopic (exact) mass is 396 g/mol. The van der Waals surface area contributed by atoms with Gasteiger partial charge in [-0.15, -0.1) is 11.3 Å². The van der Waals surface area contributed by atoms with Gasteiger partial charge in [0.15, 0.2) is 0 Å². The molecule has 0 bridgehead atoms. The van der Waals surface area contributed by atoms with Crippen LogP contribution in [-0.4, -0.2) is 48.3 Å². The highest BCUT2D eigenvalue weighted by molar-refractivity contribution is 7.90. The molecule has 1 aliphatic rings. The number of thiazole rings is 1. The van der Waals surface area contributed by atoms with Crippen LogP contribution in [0, 0.1) is 5.82 Å². The zero-order valence-electron chi connectivity index (χ0n) is 14.7. The molecule has 1 saturated carbocycles. The van der Waals surface area contributed by atoms with Gasteiger partial charge in [-0.3, -0.25) is 4.79 Å². The number of benzene rings is 1. The van der Waals surface area contributed by atoms with E-state index in [4.69, 9.17) is 0 Å². The second-order valence-electron chi connectivity index (χ2n) is 6.81. The van der Waals surface area contributed by atoms with Crippen molar-refractivity contribution < 1.29 is 17.6 Å². The van der Waals surface area contributed by atoms with Crippen molar-refractivity contribution in [1.29, 1.82) is 0 Å². The molecule has 8 heteroatoms. The highest BCUT2D eigenvalue weighted by atomic mass is 32.2. The molecule has 0 spiro atoms. The molecule has 1 aromatic carbocycles. The van der Waals surface area contributed by atoms with Crippen molar-refractivity contribution in [3.63, 3.8) is 0 Å². The number of carbonyl (C=O) groups excluding carboxylic acids is 1. The summed E-state index contributed by atoms with van der Waals surface area (Å²) in [7, 11) is -3.17. The van der Waals surface area contributed by atoms with E-state index in [0.717, 1.165) is 23.4 Å². The summed E-state index contributed by atoms with van der Waals surface area (Å²) in [6.45, 7) is 1.78. The molecule has 1 fully saturated rings. The van der Waals surface area contributed by atoms with E-state index >= 15 is 0 Å². The maximum Gasteiger partial charge on any atom is 0.266 e. The van der Waals surface area contributed by atoms with Gasteiger partial charge in [0.05, 0.1) is 17.0 Å². The lowest BCUT2D eigenvalue weighted by Crippen LogP contribution is -2.43. The first-order valence-corrected chi connectivity index (χ1v) is 11.3. The van der Waals surface area contributed by atoms with Crippen LogP contribution in [0.25, 0.3) is 0 Å². The van der Waals surface area contributed by atoms with Crippen LogP contribution in [-0.2, 0) is 16.3 Å². The van der Waals surface area contributed by atoms with Gasteiger partial charge in [-0.25, -0.2) is 17.8 Å². The van der Waals surface area contributed by atoms with Crippen LogP contribution in [0.2, 0.25) is 0 Å². The summed E-state index contributed by atoms with van der Waals surface area (Å²) in [6, 6.07) is 5.94. The second kappa shape index (κ2) is 7.44. The first kappa shape index (κ1) is 19.0. The molecule has 3 rings (SSSR count). The van der Waals surface area contributed by atoms with Gasteiger partial charge in [0.25, 0.3) is 5.91 Å². The van der Waals surface area contributed by atoms with Gasteiger partial charge in [0, 0.05) is 24.8 Å². The lowest BCUT2D eigenvalue weighted by molar-refractivity contribution is 0.0697. The molecule has 1 aromatic heterocycles. The van der Waals surface area contributed by atoms with E-state index in [0.29, 0.717) is 11.3 Å². The van der Waals surface area contributed by atoms with E-state index in [2.05, 4.69) is 4.98 Å². The maximum atomic E-state index is 13.0. The third-order valence-corrected chi connectivity index (χ3v) is 6.30. The molecule has 1 amide bonds. The number of sulfone groups is 1. The van der Waals surface area contributed by atoms with Gasteiger partial charge in [-0.2, -0.15) is 0 Å². The number of aromatic nitrogens is 1.